The minimum Gasteiger partial charge on any atom is -0.497 e. The second-order valence-electron chi connectivity index (χ2n) is 3.67. The molecule has 0 aliphatic carbocycles. The van der Waals surface area contributed by atoms with Gasteiger partial charge in [0.2, 0.25) is 0 Å². The third-order valence-electron chi connectivity index (χ3n) is 2.28. The highest BCUT2D eigenvalue weighted by atomic mass is 16.5. The Morgan fingerprint density at radius 3 is 2.21 bits per heavy atom. The second kappa shape index (κ2) is 6.90. The molecule has 2 rings (SSSR count). The van der Waals surface area contributed by atoms with Gasteiger partial charge in [-0.3, -0.25) is 0 Å². The molecule has 0 unspecified atom stereocenters. The summed E-state index contributed by atoms with van der Waals surface area (Å²) in [5, 5.41) is 8.49. The van der Waals surface area contributed by atoms with Gasteiger partial charge in [-0.2, -0.15) is 0 Å². The molecule has 19 heavy (non-hydrogen) atoms. The molecule has 100 valence electrons. The Balaban J connectivity index is 0.000000191. The molecule has 0 aromatic heterocycles. The lowest BCUT2D eigenvalue weighted by Gasteiger charge is -1.97. The Morgan fingerprint density at radius 1 is 1.11 bits per heavy atom. The van der Waals surface area contributed by atoms with E-state index < -0.39 is 5.97 Å². The van der Waals surface area contributed by atoms with E-state index in [1.807, 2.05) is 18.2 Å². The van der Waals surface area contributed by atoms with Gasteiger partial charge in [0, 0.05) is 17.4 Å². The number of ether oxygens (including phenoxy) is 1. The number of nitrogens with two attached hydrogens (primary N) is 2. The number of benzene rings is 2. The molecule has 2 aromatic carbocycles. The molecule has 0 saturated carbocycles. The zero-order valence-electron chi connectivity index (χ0n) is 10.5. The first-order valence-corrected chi connectivity index (χ1v) is 5.52. The number of anilines is 2. The molecule has 0 atom stereocenters. The minimum absolute atomic E-state index is 0.155. The third kappa shape index (κ3) is 4.59. The smallest absolute Gasteiger partial charge is 0.337 e. The van der Waals surface area contributed by atoms with Crippen molar-refractivity contribution in [1.82, 2.24) is 0 Å². The van der Waals surface area contributed by atoms with Gasteiger partial charge in [0.25, 0.3) is 0 Å². The van der Waals surface area contributed by atoms with E-state index in [0.29, 0.717) is 5.69 Å². The van der Waals surface area contributed by atoms with E-state index in [-0.39, 0.29) is 5.56 Å². The van der Waals surface area contributed by atoms with Gasteiger partial charge in [-0.25, -0.2) is 4.79 Å². The van der Waals surface area contributed by atoms with Crippen LogP contribution in [0.15, 0.2) is 48.5 Å². The summed E-state index contributed by atoms with van der Waals surface area (Å²) in [4.78, 5) is 10.3. The number of carboxylic acids is 1. The highest BCUT2D eigenvalue weighted by molar-refractivity contribution is 5.93. The first kappa shape index (κ1) is 14.4. The molecule has 2 aromatic rings. The maximum absolute atomic E-state index is 10.3. The maximum Gasteiger partial charge on any atom is 0.337 e. The first-order valence-electron chi connectivity index (χ1n) is 5.52. The van der Waals surface area contributed by atoms with Crippen LogP contribution in [0.4, 0.5) is 11.4 Å². The Bertz CT molecular complexity index is 556. The van der Waals surface area contributed by atoms with Gasteiger partial charge in [-0.05, 0) is 24.3 Å². The molecule has 0 bridgehead atoms. The predicted octanol–water partition coefficient (Wildman–Crippen LogP) is 2.24. The van der Waals surface area contributed by atoms with Crippen molar-refractivity contribution in [2.75, 3.05) is 18.6 Å². The Kier molecular flexibility index (Phi) is 5.22. The Hall–Kier alpha value is -2.69. The Morgan fingerprint density at radius 2 is 1.79 bits per heavy atom. The summed E-state index contributed by atoms with van der Waals surface area (Å²) in [6.07, 6.45) is 0. The van der Waals surface area contributed by atoms with Crippen molar-refractivity contribution >= 4 is 17.3 Å². The van der Waals surface area contributed by atoms with E-state index in [1.165, 1.54) is 6.07 Å². The van der Waals surface area contributed by atoms with Crippen LogP contribution in [0.25, 0.3) is 0 Å². The maximum atomic E-state index is 10.3. The summed E-state index contributed by atoms with van der Waals surface area (Å²) in [6.45, 7) is 0. The number of methoxy groups -OCH3 is 1. The second-order valence-corrected chi connectivity index (χ2v) is 3.67. The van der Waals surface area contributed by atoms with Crippen LogP contribution >= 0.6 is 0 Å². The third-order valence-corrected chi connectivity index (χ3v) is 2.28. The number of aromatic carboxylic acids is 1. The molecule has 0 amide bonds. The summed E-state index contributed by atoms with van der Waals surface area (Å²) in [5.41, 5.74) is 12.0. The van der Waals surface area contributed by atoms with Crippen LogP contribution in [-0.2, 0) is 0 Å². The molecule has 5 nitrogen and oxygen atoms in total. The molecule has 0 fully saturated rings. The van der Waals surface area contributed by atoms with Gasteiger partial charge in [-0.15, -0.1) is 0 Å². The summed E-state index contributed by atoms with van der Waals surface area (Å²) in [7, 11) is 1.62. The number of carbonyl (C=O) groups is 1. The molecule has 0 heterocycles. The van der Waals surface area contributed by atoms with Crippen molar-refractivity contribution < 1.29 is 14.6 Å². The van der Waals surface area contributed by atoms with E-state index in [0.717, 1.165) is 11.4 Å². The van der Waals surface area contributed by atoms with E-state index in [9.17, 15) is 4.79 Å². The van der Waals surface area contributed by atoms with Crippen molar-refractivity contribution in [2.45, 2.75) is 0 Å². The monoisotopic (exact) mass is 260 g/mol. The number of hydrogen-bond donors (Lipinski definition) is 3. The van der Waals surface area contributed by atoms with Crippen molar-refractivity contribution in [2.24, 2.45) is 0 Å². The van der Waals surface area contributed by atoms with Crippen LogP contribution in [0.1, 0.15) is 10.4 Å². The van der Waals surface area contributed by atoms with Gasteiger partial charge in [0.1, 0.15) is 5.75 Å². The van der Waals surface area contributed by atoms with E-state index in [1.54, 1.807) is 31.4 Å². The molecule has 0 spiro atoms. The fourth-order valence-corrected chi connectivity index (χ4v) is 1.33. The van der Waals surface area contributed by atoms with Gasteiger partial charge in [0.15, 0.2) is 0 Å². The van der Waals surface area contributed by atoms with Crippen molar-refractivity contribution in [3.8, 4) is 5.75 Å². The Labute approximate surface area is 111 Å². The normalized spacial score (nSPS) is 9.11. The molecule has 0 radical (unpaired) electrons. The lowest BCUT2D eigenvalue weighted by atomic mass is 10.2. The van der Waals surface area contributed by atoms with Crippen LogP contribution in [-0.4, -0.2) is 18.2 Å². The highest BCUT2D eigenvalue weighted by Gasteiger charge is 2.03. The standard InChI is InChI=1S/C7H7NO2.C7H9NO/c8-6-4-2-1-3-5(6)7(9)10;1-9-7-4-2-3-6(8)5-7/h1-4H,8H2,(H,9,10);2-5H,8H2,1H3. The lowest BCUT2D eigenvalue weighted by molar-refractivity contribution is 0.0698. The number of rotatable bonds is 2. The van der Waals surface area contributed by atoms with Crippen molar-refractivity contribution in [3.63, 3.8) is 0 Å². The van der Waals surface area contributed by atoms with Gasteiger partial charge in [0.05, 0.1) is 12.7 Å². The van der Waals surface area contributed by atoms with Gasteiger partial charge < -0.3 is 21.3 Å². The van der Waals surface area contributed by atoms with Crippen molar-refractivity contribution in [1.29, 1.82) is 0 Å². The van der Waals surface area contributed by atoms with Crippen LogP contribution in [0, 0.1) is 0 Å². The van der Waals surface area contributed by atoms with Gasteiger partial charge >= 0.3 is 5.97 Å². The average molecular weight is 260 g/mol. The van der Waals surface area contributed by atoms with Crippen LogP contribution in [0.5, 0.6) is 5.75 Å². The zero-order chi connectivity index (χ0) is 14.3. The molecule has 0 aliphatic rings. The molecule has 5 N–H and O–H groups in total. The van der Waals surface area contributed by atoms with Crippen LogP contribution < -0.4 is 16.2 Å². The molecule has 0 saturated heterocycles. The van der Waals surface area contributed by atoms with Crippen molar-refractivity contribution in [3.05, 3.63) is 54.1 Å². The number of nitrogen functional groups attached to an aromatic ring is 2. The first-order chi connectivity index (χ1) is 9.04. The fraction of sp³-hybridized carbons (Fsp3) is 0.0714. The van der Waals surface area contributed by atoms with E-state index in [2.05, 4.69) is 0 Å². The van der Waals surface area contributed by atoms with Gasteiger partial charge in [-0.1, -0.05) is 18.2 Å². The molecular formula is C14H16N2O3. The molecule has 0 aliphatic heterocycles. The zero-order valence-corrected chi connectivity index (χ0v) is 10.5. The van der Waals surface area contributed by atoms with E-state index in [4.69, 9.17) is 21.3 Å². The number of hydrogen-bond acceptors (Lipinski definition) is 4. The summed E-state index contributed by atoms with van der Waals surface area (Å²) >= 11 is 0. The number of carboxylic acid groups (broad SMARTS) is 1. The summed E-state index contributed by atoms with van der Waals surface area (Å²) in [6, 6.07) is 13.7. The molecular weight excluding hydrogens is 244 g/mol. The summed E-state index contributed by atoms with van der Waals surface area (Å²) < 4.78 is 4.92. The highest BCUT2D eigenvalue weighted by Crippen LogP contribution is 2.12. The fourth-order valence-electron chi connectivity index (χ4n) is 1.33. The average Bonchev–Trinajstić information content (AvgIpc) is 2.39. The quantitative estimate of drug-likeness (QED) is 0.719. The summed E-state index contributed by atoms with van der Waals surface area (Å²) in [5.74, 6) is -0.187. The largest absolute Gasteiger partial charge is 0.497 e. The lowest BCUT2D eigenvalue weighted by Crippen LogP contribution is -2.00. The SMILES string of the molecule is COc1cccc(N)c1.Nc1ccccc1C(=O)O. The van der Waals surface area contributed by atoms with Crippen LogP contribution in [0.3, 0.4) is 0 Å². The topological polar surface area (TPSA) is 98.6 Å². The predicted molar refractivity (Wildman–Crippen MR) is 75.2 cm³/mol. The van der Waals surface area contributed by atoms with E-state index >= 15 is 0 Å². The minimum atomic E-state index is -0.988. The molecule has 5 heteroatoms. The van der Waals surface area contributed by atoms with Crippen LogP contribution in [0.2, 0.25) is 0 Å². The number of para-hydroxylation sites is 1.